The number of amides is 2. The minimum Gasteiger partial charge on any atom is -0.422 e. The number of hydrogen-bond donors (Lipinski definition) is 2. The van der Waals surface area contributed by atoms with Crippen LogP contribution in [-0.4, -0.2) is 30.5 Å². The lowest BCUT2D eigenvalue weighted by Gasteiger charge is -2.05. The third kappa shape index (κ3) is 6.11. The van der Waals surface area contributed by atoms with Crippen LogP contribution < -0.4 is 15.5 Å². The Kier molecular flexibility index (Phi) is 7.07. The summed E-state index contributed by atoms with van der Waals surface area (Å²) < 4.78 is 5.27. The predicted octanol–water partition coefficient (Wildman–Crippen LogP) is 3.16. The summed E-state index contributed by atoms with van der Waals surface area (Å²) in [6.45, 7) is 1.69. The number of benzene rings is 2. The summed E-state index contributed by atoms with van der Waals surface area (Å²) >= 11 is 1.31. The maximum atomic E-state index is 12.0. The highest BCUT2D eigenvalue weighted by Gasteiger charge is 2.09. The van der Waals surface area contributed by atoms with Gasteiger partial charge in [-0.15, -0.1) is 11.3 Å². The lowest BCUT2D eigenvalue weighted by atomic mass is 10.1. The number of rotatable bonds is 7. The highest BCUT2D eigenvalue weighted by molar-refractivity contribution is 7.12. The normalized spacial score (nSPS) is 10.6. The number of nitrogens with zero attached hydrogens (tertiary/aromatic N) is 1. The van der Waals surface area contributed by atoms with Crippen molar-refractivity contribution in [2.45, 2.75) is 6.92 Å². The van der Waals surface area contributed by atoms with Crippen LogP contribution in [0.5, 0.6) is 5.75 Å². The average molecular weight is 421 g/mol. The molecule has 0 saturated carbocycles. The Morgan fingerprint density at radius 2 is 1.87 bits per heavy atom. The summed E-state index contributed by atoms with van der Waals surface area (Å²) in [5, 5.41) is 8.20. The number of hydrazone groups is 1. The fourth-order valence-electron chi connectivity index (χ4n) is 2.44. The summed E-state index contributed by atoms with van der Waals surface area (Å²) in [6.07, 6.45) is 1.45. The molecular weight excluding hydrogens is 402 g/mol. The molecule has 0 radical (unpaired) electrons. The molecule has 7 nitrogen and oxygen atoms in total. The summed E-state index contributed by atoms with van der Waals surface area (Å²) in [5.74, 6) is -0.779. The lowest BCUT2D eigenvalue weighted by Crippen LogP contribution is -2.34. The Morgan fingerprint density at radius 1 is 1.07 bits per heavy atom. The van der Waals surface area contributed by atoms with Gasteiger partial charge in [0.1, 0.15) is 10.6 Å². The van der Waals surface area contributed by atoms with Crippen LogP contribution in [0.1, 0.15) is 31.2 Å². The second kappa shape index (κ2) is 10.1. The molecule has 3 rings (SSSR count). The Balaban J connectivity index is 1.43. The van der Waals surface area contributed by atoms with Gasteiger partial charge >= 0.3 is 5.97 Å². The van der Waals surface area contributed by atoms with Crippen molar-refractivity contribution in [2.24, 2.45) is 5.10 Å². The van der Waals surface area contributed by atoms with E-state index in [1.807, 2.05) is 13.0 Å². The van der Waals surface area contributed by atoms with Crippen molar-refractivity contribution in [3.8, 4) is 5.75 Å². The number of carbonyl (C=O) groups excluding carboxylic acids is 3. The molecule has 3 aromatic rings. The Bertz CT molecular complexity index is 1060. The first-order valence-corrected chi connectivity index (χ1v) is 9.92. The van der Waals surface area contributed by atoms with Gasteiger partial charge in [-0.25, -0.2) is 10.2 Å². The minimum atomic E-state index is -0.450. The molecule has 0 saturated heterocycles. The maximum absolute atomic E-state index is 12.0. The van der Waals surface area contributed by atoms with Gasteiger partial charge < -0.3 is 10.1 Å². The van der Waals surface area contributed by atoms with Crippen molar-refractivity contribution in [2.75, 3.05) is 6.54 Å². The molecule has 1 aromatic heterocycles. The summed E-state index contributed by atoms with van der Waals surface area (Å²) in [4.78, 5) is 36.3. The zero-order valence-corrected chi connectivity index (χ0v) is 16.9. The number of nitrogens with one attached hydrogen (secondary N) is 2. The van der Waals surface area contributed by atoms with E-state index in [0.29, 0.717) is 21.8 Å². The van der Waals surface area contributed by atoms with Crippen molar-refractivity contribution in [3.05, 3.63) is 87.6 Å². The SMILES string of the molecule is Cc1cccc(C(=O)NCC(=O)N/N=C\c2ccc(OC(=O)c3cccs3)cc2)c1. The van der Waals surface area contributed by atoms with E-state index < -0.39 is 11.9 Å². The van der Waals surface area contributed by atoms with Crippen LogP contribution in [0.4, 0.5) is 0 Å². The van der Waals surface area contributed by atoms with Crippen molar-refractivity contribution >= 4 is 35.3 Å². The molecule has 0 unspecified atom stereocenters. The quantitative estimate of drug-likeness (QED) is 0.265. The molecule has 0 fully saturated rings. The number of thiophene rings is 1. The minimum absolute atomic E-state index is 0.193. The van der Waals surface area contributed by atoms with Gasteiger partial charge in [0.15, 0.2) is 0 Å². The smallest absolute Gasteiger partial charge is 0.353 e. The first-order chi connectivity index (χ1) is 14.5. The van der Waals surface area contributed by atoms with Crippen LogP contribution in [-0.2, 0) is 4.79 Å². The van der Waals surface area contributed by atoms with Gasteiger partial charge in [-0.1, -0.05) is 23.8 Å². The third-order valence-electron chi connectivity index (χ3n) is 3.91. The zero-order valence-electron chi connectivity index (χ0n) is 16.1. The Hall–Kier alpha value is -3.78. The monoisotopic (exact) mass is 421 g/mol. The molecule has 2 amide bonds. The lowest BCUT2D eigenvalue weighted by molar-refractivity contribution is -0.120. The standard InChI is InChI=1S/C22H19N3O4S/c1-15-4-2-5-17(12-15)21(27)23-14-20(26)25-24-13-16-7-9-18(10-8-16)29-22(28)19-6-3-11-30-19/h2-13H,14H2,1H3,(H,23,27)(H,25,26)/b24-13-. The largest absolute Gasteiger partial charge is 0.422 e. The molecule has 152 valence electrons. The topological polar surface area (TPSA) is 96.9 Å². The molecule has 30 heavy (non-hydrogen) atoms. The van der Waals surface area contributed by atoms with Gasteiger partial charge in [0.25, 0.3) is 11.8 Å². The van der Waals surface area contributed by atoms with E-state index >= 15 is 0 Å². The summed E-state index contributed by atoms with van der Waals surface area (Å²) in [5.41, 5.74) is 4.50. The molecule has 0 spiro atoms. The molecule has 8 heteroatoms. The summed E-state index contributed by atoms with van der Waals surface area (Å²) in [6, 6.07) is 17.2. The van der Waals surface area contributed by atoms with E-state index in [4.69, 9.17) is 4.74 Å². The second-order valence-corrected chi connectivity index (χ2v) is 7.23. The van der Waals surface area contributed by atoms with Crippen LogP contribution >= 0.6 is 11.3 Å². The Labute approximate surface area is 177 Å². The van der Waals surface area contributed by atoms with Gasteiger partial charge in [-0.05, 0) is 60.3 Å². The van der Waals surface area contributed by atoms with Crippen molar-refractivity contribution in [3.63, 3.8) is 0 Å². The molecule has 0 aliphatic carbocycles. The fourth-order valence-corrected chi connectivity index (χ4v) is 3.04. The van der Waals surface area contributed by atoms with E-state index in [2.05, 4.69) is 15.8 Å². The van der Waals surface area contributed by atoms with E-state index in [1.165, 1.54) is 17.6 Å². The van der Waals surface area contributed by atoms with Gasteiger partial charge in [-0.3, -0.25) is 9.59 Å². The van der Waals surface area contributed by atoms with E-state index in [9.17, 15) is 14.4 Å². The average Bonchev–Trinajstić information content (AvgIpc) is 3.28. The molecular formula is C22H19N3O4S. The van der Waals surface area contributed by atoms with Gasteiger partial charge in [0.2, 0.25) is 0 Å². The first-order valence-electron chi connectivity index (χ1n) is 9.04. The third-order valence-corrected chi connectivity index (χ3v) is 4.76. The van der Waals surface area contributed by atoms with E-state index in [1.54, 1.807) is 60.0 Å². The van der Waals surface area contributed by atoms with E-state index in [-0.39, 0.29) is 12.5 Å². The van der Waals surface area contributed by atoms with Crippen molar-refractivity contribution < 1.29 is 19.1 Å². The molecule has 2 N–H and O–H groups in total. The van der Waals surface area contributed by atoms with Crippen molar-refractivity contribution in [1.82, 2.24) is 10.7 Å². The molecule has 0 aliphatic heterocycles. The molecule has 1 heterocycles. The molecule has 0 aliphatic rings. The van der Waals surface area contributed by atoms with Crippen LogP contribution in [0.25, 0.3) is 0 Å². The van der Waals surface area contributed by atoms with E-state index in [0.717, 1.165) is 5.56 Å². The number of ether oxygens (including phenoxy) is 1. The predicted molar refractivity (Wildman–Crippen MR) is 115 cm³/mol. The fraction of sp³-hybridized carbons (Fsp3) is 0.0909. The van der Waals surface area contributed by atoms with Crippen LogP contribution in [0, 0.1) is 6.92 Å². The van der Waals surface area contributed by atoms with Gasteiger partial charge in [0.05, 0.1) is 12.8 Å². The molecule has 0 bridgehead atoms. The highest BCUT2D eigenvalue weighted by atomic mass is 32.1. The zero-order chi connectivity index (χ0) is 21.3. The number of aryl methyl sites for hydroxylation is 1. The van der Waals surface area contributed by atoms with Crippen LogP contribution in [0.3, 0.4) is 0 Å². The number of esters is 1. The number of carbonyl (C=O) groups is 3. The second-order valence-electron chi connectivity index (χ2n) is 6.28. The first kappa shape index (κ1) is 20.9. The van der Waals surface area contributed by atoms with Gasteiger partial charge in [-0.2, -0.15) is 5.10 Å². The molecule has 0 atom stereocenters. The highest BCUT2D eigenvalue weighted by Crippen LogP contribution is 2.16. The van der Waals surface area contributed by atoms with Crippen LogP contribution in [0.15, 0.2) is 71.1 Å². The van der Waals surface area contributed by atoms with Gasteiger partial charge in [0, 0.05) is 5.56 Å². The Morgan fingerprint density at radius 3 is 2.57 bits per heavy atom. The summed E-state index contributed by atoms with van der Waals surface area (Å²) in [7, 11) is 0. The van der Waals surface area contributed by atoms with Crippen LogP contribution in [0.2, 0.25) is 0 Å². The number of hydrogen-bond acceptors (Lipinski definition) is 6. The molecule has 2 aromatic carbocycles. The van der Waals surface area contributed by atoms with Crippen molar-refractivity contribution in [1.29, 1.82) is 0 Å². The maximum Gasteiger partial charge on any atom is 0.353 e.